The van der Waals surface area contributed by atoms with Crippen molar-refractivity contribution in [1.29, 1.82) is 0 Å². The summed E-state index contributed by atoms with van der Waals surface area (Å²) in [5.41, 5.74) is -0.0907. The molecule has 0 saturated carbocycles. The number of nitrogens with zero attached hydrogens (tertiary/aromatic N) is 1. The Morgan fingerprint density at radius 1 is 1.14 bits per heavy atom. The van der Waals surface area contributed by atoms with E-state index in [2.05, 4.69) is 12.2 Å². The Labute approximate surface area is 121 Å². The van der Waals surface area contributed by atoms with Gasteiger partial charge >= 0.3 is 0 Å². The number of rotatable bonds is 2. The fraction of sp³-hybridized carbons (Fsp3) is 0.467. The first-order chi connectivity index (χ1) is 9.97. The van der Waals surface area contributed by atoms with E-state index in [1.165, 1.54) is 0 Å². The average Bonchev–Trinajstić information content (AvgIpc) is 2.67. The van der Waals surface area contributed by atoms with Gasteiger partial charge in [0, 0.05) is 12.6 Å². The number of piperidine rings is 1. The van der Waals surface area contributed by atoms with E-state index in [0.29, 0.717) is 6.04 Å². The van der Waals surface area contributed by atoms with Crippen LogP contribution < -0.4 is 5.32 Å². The van der Waals surface area contributed by atoms with Crippen LogP contribution in [0.3, 0.4) is 0 Å². The Morgan fingerprint density at radius 3 is 2.19 bits per heavy atom. The maximum Gasteiger partial charge on any atom is 0.261 e. The van der Waals surface area contributed by atoms with E-state index in [0.717, 1.165) is 36.4 Å². The normalized spacial score (nSPS) is 25.4. The van der Waals surface area contributed by atoms with Crippen molar-refractivity contribution in [2.45, 2.75) is 25.8 Å². The van der Waals surface area contributed by atoms with Crippen LogP contribution in [0, 0.1) is 17.6 Å². The molecule has 1 aromatic rings. The molecule has 0 bridgehead atoms. The zero-order chi connectivity index (χ0) is 15.1. The molecule has 1 aromatic carbocycles. The lowest BCUT2D eigenvalue weighted by molar-refractivity contribution is 0.0618. The monoisotopic (exact) mass is 294 g/mol. The van der Waals surface area contributed by atoms with Crippen molar-refractivity contribution < 1.29 is 18.4 Å². The van der Waals surface area contributed by atoms with Crippen LogP contribution in [0.5, 0.6) is 0 Å². The number of fused-ring (bicyclic) bond motifs is 1. The quantitative estimate of drug-likeness (QED) is 0.848. The summed E-state index contributed by atoms with van der Waals surface area (Å²) >= 11 is 0. The zero-order valence-corrected chi connectivity index (χ0v) is 11.7. The first-order valence-corrected chi connectivity index (χ1v) is 7.06. The number of benzene rings is 1. The van der Waals surface area contributed by atoms with Gasteiger partial charge in [0.15, 0.2) is 11.6 Å². The predicted octanol–water partition coefficient (Wildman–Crippen LogP) is 1.95. The molecule has 1 fully saturated rings. The molecule has 0 radical (unpaired) electrons. The molecule has 3 rings (SSSR count). The van der Waals surface area contributed by atoms with Crippen LogP contribution in [0.2, 0.25) is 0 Å². The molecule has 2 aliphatic heterocycles. The standard InChI is InChI=1S/C15H16F2N2O2/c1-8-2-3-9(6-18-8)7-19-14(20)10-4-12(16)13(17)5-11(10)15(19)21/h4-5,8-9,18H,2-3,6-7H2,1H3. The largest absolute Gasteiger partial charge is 0.314 e. The molecule has 2 heterocycles. The number of nitrogens with one attached hydrogen (secondary N) is 1. The molecule has 2 unspecified atom stereocenters. The second kappa shape index (κ2) is 5.18. The van der Waals surface area contributed by atoms with Crippen LogP contribution in [0.15, 0.2) is 12.1 Å². The maximum absolute atomic E-state index is 13.2. The van der Waals surface area contributed by atoms with Crippen LogP contribution in [0.25, 0.3) is 0 Å². The van der Waals surface area contributed by atoms with Crippen LogP contribution in [0.1, 0.15) is 40.5 Å². The van der Waals surface area contributed by atoms with E-state index in [4.69, 9.17) is 0 Å². The van der Waals surface area contributed by atoms with Gasteiger partial charge in [-0.3, -0.25) is 14.5 Å². The van der Waals surface area contributed by atoms with Crippen molar-refractivity contribution in [1.82, 2.24) is 10.2 Å². The first-order valence-electron chi connectivity index (χ1n) is 7.06. The van der Waals surface area contributed by atoms with Crippen LogP contribution in [0.4, 0.5) is 8.78 Å². The van der Waals surface area contributed by atoms with Gasteiger partial charge in [0.25, 0.3) is 11.8 Å². The summed E-state index contributed by atoms with van der Waals surface area (Å²) < 4.78 is 26.5. The third-order valence-corrected chi connectivity index (χ3v) is 4.22. The molecule has 0 aliphatic carbocycles. The molecule has 4 nitrogen and oxygen atoms in total. The Morgan fingerprint density at radius 2 is 1.71 bits per heavy atom. The van der Waals surface area contributed by atoms with Crippen molar-refractivity contribution >= 4 is 11.8 Å². The lowest BCUT2D eigenvalue weighted by atomic mass is 9.95. The summed E-state index contributed by atoms with van der Waals surface area (Å²) in [5.74, 6) is -3.10. The summed E-state index contributed by atoms with van der Waals surface area (Å²) in [6.07, 6.45) is 1.90. The van der Waals surface area contributed by atoms with Gasteiger partial charge in [-0.2, -0.15) is 0 Å². The van der Waals surface area contributed by atoms with Crippen LogP contribution in [-0.2, 0) is 0 Å². The number of halogens is 2. The SMILES string of the molecule is CC1CCC(CN2C(=O)c3cc(F)c(F)cc3C2=O)CN1. The van der Waals surface area contributed by atoms with Crippen molar-refractivity contribution in [2.24, 2.45) is 5.92 Å². The van der Waals surface area contributed by atoms with Gasteiger partial charge in [-0.05, 0) is 44.4 Å². The van der Waals surface area contributed by atoms with Gasteiger partial charge in [0.1, 0.15) is 0 Å². The summed E-state index contributed by atoms with van der Waals surface area (Å²) in [4.78, 5) is 25.5. The topological polar surface area (TPSA) is 49.4 Å². The zero-order valence-electron chi connectivity index (χ0n) is 11.7. The van der Waals surface area contributed by atoms with Crippen LogP contribution in [-0.4, -0.2) is 35.8 Å². The number of hydrogen-bond acceptors (Lipinski definition) is 3. The summed E-state index contributed by atoms with van der Waals surface area (Å²) in [5, 5.41) is 3.31. The third-order valence-electron chi connectivity index (χ3n) is 4.22. The molecule has 2 amide bonds. The number of hydrogen-bond donors (Lipinski definition) is 1. The minimum absolute atomic E-state index is 0.0453. The summed E-state index contributed by atoms with van der Waals surface area (Å²) in [6, 6.07) is 2.06. The highest BCUT2D eigenvalue weighted by atomic mass is 19.2. The third kappa shape index (κ3) is 2.44. The lowest BCUT2D eigenvalue weighted by Gasteiger charge is -2.29. The van der Waals surface area contributed by atoms with Gasteiger partial charge in [0.2, 0.25) is 0 Å². The van der Waals surface area contributed by atoms with E-state index in [-0.39, 0.29) is 23.6 Å². The van der Waals surface area contributed by atoms with Gasteiger partial charge in [-0.1, -0.05) is 0 Å². The number of amides is 2. The minimum atomic E-state index is -1.11. The predicted molar refractivity (Wildman–Crippen MR) is 71.9 cm³/mol. The second-order valence-electron chi connectivity index (χ2n) is 5.79. The molecule has 1 saturated heterocycles. The first kappa shape index (κ1) is 14.1. The highest BCUT2D eigenvalue weighted by Gasteiger charge is 2.38. The smallest absolute Gasteiger partial charge is 0.261 e. The average molecular weight is 294 g/mol. The highest BCUT2D eigenvalue weighted by Crippen LogP contribution is 2.27. The Balaban J connectivity index is 1.80. The van der Waals surface area contributed by atoms with E-state index in [9.17, 15) is 18.4 Å². The molecule has 1 N–H and O–H groups in total. The molecule has 2 aliphatic rings. The van der Waals surface area contributed by atoms with E-state index in [1.807, 2.05) is 0 Å². The number of carbonyl (C=O) groups excluding carboxylic acids is 2. The summed E-state index contributed by atoms with van der Waals surface area (Å²) in [7, 11) is 0. The minimum Gasteiger partial charge on any atom is -0.314 e. The molecule has 21 heavy (non-hydrogen) atoms. The maximum atomic E-state index is 13.2. The van der Waals surface area contributed by atoms with Gasteiger partial charge in [-0.15, -0.1) is 0 Å². The number of imide groups is 1. The van der Waals surface area contributed by atoms with Crippen LogP contribution >= 0.6 is 0 Å². The van der Waals surface area contributed by atoms with Crippen molar-refractivity contribution in [3.63, 3.8) is 0 Å². The lowest BCUT2D eigenvalue weighted by Crippen LogP contribution is -2.43. The summed E-state index contributed by atoms with van der Waals surface area (Å²) in [6.45, 7) is 3.11. The highest BCUT2D eigenvalue weighted by molar-refractivity contribution is 6.21. The van der Waals surface area contributed by atoms with Crippen molar-refractivity contribution in [2.75, 3.05) is 13.1 Å². The van der Waals surface area contributed by atoms with Gasteiger partial charge in [-0.25, -0.2) is 8.78 Å². The molecule has 6 heteroatoms. The molecule has 2 atom stereocenters. The van der Waals surface area contributed by atoms with E-state index < -0.39 is 23.4 Å². The Bertz CT molecular complexity index is 569. The second-order valence-corrected chi connectivity index (χ2v) is 5.79. The van der Waals surface area contributed by atoms with Crippen molar-refractivity contribution in [3.8, 4) is 0 Å². The Hall–Kier alpha value is -1.82. The molecular formula is C15H16F2N2O2. The van der Waals surface area contributed by atoms with Gasteiger partial charge < -0.3 is 5.32 Å². The fourth-order valence-electron chi connectivity index (χ4n) is 2.92. The molecular weight excluding hydrogens is 278 g/mol. The molecule has 0 spiro atoms. The Kier molecular flexibility index (Phi) is 3.49. The fourth-order valence-corrected chi connectivity index (χ4v) is 2.92. The van der Waals surface area contributed by atoms with Gasteiger partial charge in [0.05, 0.1) is 11.1 Å². The molecule has 0 aromatic heterocycles. The number of carbonyl (C=O) groups is 2. The molecule has 112 valence electrons. The van der Waals surface area contributed by atoms with Crippen molar-refractivity contribution in [3.05, 3.63) is 34.9 Å². The van der Waals surface area contributed by atoms with E-state index >= 15 is 0 Å². The van der Waals surface area contributed by atoms with E-state index in [1.54, 1.807) is 0 Å².